The van der Waals surface area contributed by atoms with E-state index in [1.54, 1.807) is 6.33 Å². The summed E-state index contributed by atoms with van der Waals surface area (Å²) in [7, 11) is 0. The molecule has 3 rings (SSSR count). The van der Waals surface area contributed by atoms with Crippen LogP contribution in [-0.2, 0) is 17.8 Å². The van der Waals surface area contributed by atoms with Gasteiger partial charge in [-0.05, 0) is 32.1 Å². The van der Waals surface area contributed by atoms with Crippen LogP contribution in [0.4, 0.5) is 0 Å². The molecule has 1 aliphatic heterocycles. The Balaban J connectivity index is 1.47. The van der Waals surface area contributed by atoms with Crippen LogP contribution in [0.25, 0.3) is 0 Å². The maximum absolute atomic E-state index is 12.0. The number of amides is 1. The lowest BCUT2D eigenvalue weighted by atomic mass is 10.00. The minimum Gasteiger partial charge on any atom is -0.337 e. The summed E-state index contributed by atoms with van der Waals surface area (Å²) < 4.78 is 1.88. The number of rotatable bonds is 4. The van der Waals surface area contributed by atoms with E-state index in [0.717, 1.165) is 50.9 Å². The Labute approximate surface area is 123 Å². The summed E-state index contributed by atoms with van der Waals surface area (Å²) in [5, 5.41) is 19.6. The lowest BCUT2D eigenvalue weighted by molar-refractivity contribution is -0.121. The van der Waals surface area contributed by atoms with Gasteiger partial charge in [0.05, 0.1) is 19.2 Å². The molecule has 0 radical (unpaired) electrons. The summed E-state index contributed by atoms with van der Waals surface area (Å²) in [6.45, 7) is 0.990. The molecule has 2 heterocycles. The van der Waals surface area contributed by atoms with Gasteiger partial charge in [-0.2, -0.15) is 10.4 Å². The van der Waals surface area contributed by atoms with Gasteiger partial charge >= 0.3 is 0 Å². The monoisotopic (exact) mass is 288 g/mol. The molecular weight excluding hydrogens is 268 g/mol. The van der Waals surface area contributed by atoms with Crippen LogP contribution in [0.5, 0.6) is 0 Å². The van der Waals surface area contributed by atoms with Crippen molar-refractivity contribution >= 4 is 5.91 Å². The molecule has 112 valence electrons. The van der Waals surface area contributed by atoms with E-state index in [0.29, 0.717) is 0 Å². The van der Waals surface area contributed by atoms with Gasteiger partial charge in [-0.15, -0.1) is 0 Å². The third-order valence-corrected chi connectivity index (χ3v) is 4.41. The molecule has 1 amide bonds. The van der Waals surface area contributed by atoms with Gasteiger partial charge in [-0.25, -0.2) is 9.67 Å². The highest BCUT2D eigenvalue weighted by atomic mass is 16.2. The number of carbonyl (C=O) groups excluding carboxylic acids is 1. The van der Waals surface area contributed by atoms with Gasteiger partial charge in [0.15, 0.2) is 0 Å². The van der Waals surface area contributed by atoms with Crippen LogP contribution in [0.1, 0.15) is 37.9 Å². The van der Waals surface area contributed by atoms with Crippen LogP contribution >= 0.6 is 0 Å². The third-order valence-electron chi connectivity index (χ3n) is 4.41. The van der Waals surface area contributed by atoms with Gasteiger partial charge in [0, 0.05) is 12.5 Å². The molecule has 0 bridgehead atoms. The van der Waals surface area contributed by atoms with Crippen LogP contribution in [0.2, 0.25) is 0 Å². The van der Waals surface area contributed by atoms with Gasteiger partial charge in [0.1, 0.15) is 17.7 Å². The number of nitrogens with one attached hydrogen (secondary N) is 2. The third kappa shape index (κ3) is 3.05. The lowest BCUT2D eigenvalue weighted by Gasteiger charge is -2.25. The smallest absolute Gasteiger partial charge is 0.235 e. The first kappa shape index (κ1) is 14.0. The average molecular weight is 288 g/mol. The Morgan fingerprint density at radius 3 is 3.10 bits per heavy atom. The molecule has 1 aromatic heterocycles. The van der Waals surface area contributed by atoms with E-state index in [-0.39, 0.29) is 18.5 Å². The molecular formula is C14H20N6O. The molecule has 7 heteroatoms. The maximum atomic E-state index is 12.0. The number of fused-ring (bicyclic) bond motifs is 1. The molecule has 2 aliphatic rings. The van der Waals surface area contributed by atoms with Gasteiger partial charge in [0.25, 0.3) is 0 Å². The molecule has 1 fully saturated rings. The highest BCUT2D eigenvalue weighted by Crippen LogP contribution is 2.28. The summed E-state index contributed by atoms with van der Waals surface area (Å²) in [6, 6.07) is 2.50. The number of aromatic nitrogens is 3. The second-order valence-corrected chi connectivity index (χ2v) is 5.92. The van der Waals surface area contributed by atoms with E-state index in [1.165, 1.54) is 0 Å². The molecule has 0 spiro atoms. The molecule has 21 heavy (non-hydrogen) atoms. The number of hydrogen-bond acceptors (Lipinski definition) is 5. The van der Waals surface area contributed by atoms with Crippen molar-refractivity contribution in [1.29, 1.82) is 5.26 Å². The summed E-state index contributed by atoms with van der Waals surface area (Å²) in [6.07, 6.45) is 6.96. The first-order valence-corrected chi connectivity index (χ1v) is 7.53. The molecule has 1 atom stereocenters. The number of carbonyl (C=O) groups is 1. The molecule has 1 aromatic rings. The fourth-order valence-corrected chi connectivity index (χ4v) is 3.20. The molecule has 1 aliphatic carbocycles. The molecule has 1 saturated carbocycles. The Hall–Kier alpha value is -1.94. The van der Waals surface area contributed by atoms with E-state index in [9.17, 15) is 10.1 Å². The maximum Gasteiger partial charge on any atom is 0.235 e. The second kappa shape index (κ2) is 5.82. The molecule has 0 unspecified atom stereocenters. The minimum atomic E-state index is -0.635. The summed E-state index contributed by atoms with van der Waals surface area (Å²) in [5.74, 6) is 0.912. The minimum absolute atomic E-state index is 0.0946. The summed E-state index contributed by atoms with van der Waals surface area (Å²) in [4.78, 5) is 16.2. The van der Waals surface area contributed by atoms with Crippen molar-refractivity contribution in [3.05, 3.63) is 12.2 Å². The molecule has 0 aromatic carbocycles. The number of aryl methyl sites for hydroxylation is 1. The fourth-order valence-electron chi connectivity index (χ4n) is 3.20. The van der Waals surface area contributed by atoms with Gasteiger partial charge in [0.2, 0.25) is 5.91 Å². The Morgan fingerprint density at radius 2 is 2.33 bits per heavy atom. The van der Waals surface area contributed by atoms with E-state index < -0.39 is 5.54 Å². The quantitative estimate of drug-likeness (QED) is 0.821. The molecule has 2 N–H and O–H groups in total. The SMILES string of the molecule is N#CC1(NC(=O)CN[C@@H]2CCc3ncnn3C2)CCCC1. The highest BCUT2D eigenvalue weighted by Gasteiger charge is 2.35. The highest BCUT2D eigenvalue weighted by molar-refractivity contribution is 5.79. The Bertz CT molecular complexity index is 554. The van der Waals surface area contributed by atoms with E-state index in [4.69, 9.17) is 0 Å². The first-order chi connectivity index (χ1) is 10.2. The van der Waals surface area contributed by atoms with Crippen molar-refractivity contribution in [2.24, 2.45) is 0 Å². The van der Waals surface area contributed by atoms with Crippen molar-refractivity contribution in [3.63, 3.8) is 0 Å². The Kier molecular flexibility index (Phi) is 3.88. The van der Waals surface area contributed by atoms with Crippen LogP contribution in [0, 0.1) is 11.3 Å². The zero-order valence-corrected chi connectivity index (χ0v) is 12.0. The predicted octanol–water partition coefficient (Wildman–Crippen LogP) is 0.135. The van der Waals surface area contributed by atoms with E-state index >= 15 is 0 Å². The number of hydrogen-bond donors (Lipinski definition) is 2. The first-order valence-electron chi connectivity index (χ1n) is 7.53. The van der Waals surface area contributed by atoms with Crippen molar-refractivity contribution in [2.75, 3.05) is 6.54 Å². The second-order valence-electron chi connectivity index (χ2n) is 5.92. The zero-order chi connectivity index (χ0) is 14.7. The predicted molar refractivity (Wildman–Crippen MR) is 75.1 cm³/mol. The van der Waals surface area contributed by atoms with Gasteiger partial charge in [-0.1, -0.05) is 0 Å². The van der Waals surface area contributed by atoms with Crippen molar-refractivity contribution in [1.82, 2.24) is 25.4 Å². The zero-order valence-electron chi connectivity index (χ0n) is 12.0. The van der Waals surface area contributed by atoms with Gasteiger partial charge < -0.3 is 10.6 Å². The van der Waals surface area contributed by atoms with E-state index in [2.05, 4.69) is 26.8 Å². The fraction of sp³-hybridized carbons (Fsp3) is 0.714. The van der Waals surface area contributed by atoms with Gasteiger partial charge in [-0.3, -0.25) is 4.79 Å². The number of nitrogens with zero attached hydrogens (tertiary/aromatic N) is 4. The Morgan fingerprint density at radius 1 is 1.52 bits per heavy atom. The van der Waals surface area contributed by atoms with Crippen LogP contribution in [0.3, 0.4) is 0 Å². The van der Waals surface area contributed by atoms with Crippen molar-refractivity contribution in [3.8, 4) is 6.07 Å². The topological polar surface area (TPSA) is 95.6 Å². The van der Waals surface area contributed by atoms with Crippen LogP contribution < -0.4 is 10.6 Å². The number of nitriles is 1. The van der Waals surface area contributed by atoms with E-state index in [1.807, 2.05) is 4.68 Å². The van der Waals surface area contributed by atoms with Crippen molar-refractivity contribution in [2.45, 2.75) is 56.7 Å². The average Bonchev–Trinajstić information content (AvgIpc) is 3.14. The summed E-state index contributed by atoms with van der Waals surface area (Å²) >= 11 is 0. The lowest BCUT2D eigenvalue weighted by Crippen LogP contribution is -2.50. The van der Waals surface area contributed by atoms with Crippen LogP contribution in [0.15, 0.2) is 6.33 Å². The largest absolute Gasteiger partial charge is 0.337 e. The van der Waals surface area contributed by atoms with Crippen LogP contribution in [-0.4, -0.2) is 38.8 Å². The molecule has 7 nitrogen and oxygen atoms in total. The summed E-state index contributed by atoms with van der Waals surface area (Å²) in [5.41, 5.74) is -0.635. The van der Waals surface area contributed by atoms with Crippen molar-refractivity contribution < 1.29 is 4.79 Å². The standard InChI is InChI=1S/C14H20N6O/c15-9-14(5-1-2-6-14)19-13(21)7-16-11-3-4-12-17-10-18-20(12)8-11/h10-11,16H,1-8H2,(H,19,21)/t11-/m1/s1. The normalized spacial score (nSPS) is 23.3. The molecule has 0 saturated heterocycles.